The average molecular weight is 412 g/mol. The molecule has 0 spiro atoms. The molecule has 0 bridgehead atoms. The molecule has 1 N–H and O–H groups in total. The van der Waals surface area contributed by atoms with Crippen molar-refractivity contribution in [1.29, 1.82) is 0 Å². The van der Waals surface area contributed by atoms with Gasteiger partial charge >= 0.3 is 0 Å². The molecule has 2 aromatic heterocycles. The van der Waals surface area contributed by atoms with E-state index in [2.05, 4.69) is 22.4 Å². The fraction of sp³-hybridized carbons (Fsp3) is 0.652. The van der Waals surface area contributed by atoms with Crippen molar-refractivity contribution in [2.24, 2.45) is 11.8 Å². The van der Waals surface area contributed by atoms with Crippen molar-refractivity contribution in [3.8, 4) is 5.82 Å². The van der Waals surface area contributed by atoms with Gasteiger partial charge in [0.25, 0.3) is 5.56 Å². The number of amides is 1. The summed E-state index contributed by atoms with van der Waals surface area (Å²) in [6.07, 6.45) is 7.81. The van der Waals surface area contributed by atoms with E-state index in [0.717, 1.165) is 68.7 Å². The molecular formula is C23H33N5O2. The zero-order valence-electron chi connectivity index (χ0n) is 18.3. The number of nitrogens with zero attached hydrogens (tertiary/aromatic N) is 4. The molecule has 30 heavy (non-hydrogen) atoms. The summed E-state index contributed by atoms with van der Waals surface area (Å²) < 4.78 is 3.40. The third kappa shape index (κ3) is 4.50. The number of rotatable bonds is 4. The summed E-state index contributed by atoms with van der Waals surface area (Å²) >= 11 is 0. The van der Waals surface area contributed by atoms with Crippen LogP contribution >= 0.6 is 0 Å². The third-order valence-electron chi connectivity index (χ3n) is 6.81. The molecule has 0 atom stereocenters. The second kappa shape index (κ2) is 8.74. The maximum absolute atomic E-state index is 12.6. The van der Waals surface area contributed by atoms with Crippen LogP contribution < -0.4 is 10.9 Å². The molecule has 2 aromatic rings. The Morgan fingerprint density at radius 3 is 2.33 bits per heavy atom. The van der Waals surface area contributed by atoms with Gasteiger partial charge in [0.05, 0.1) is 11.7 Å². The number of aromatic nitrogens is 4. The topological polar surface area (TPSA) is 81.8 Å². The Morgan fingerprint density at radius 1 is 1.00 bits per heavy atom. The molecular weight excluding hydrogens is 378 g/mol. The summed E-state index contributed by atoms with van der Waals surface area (Å²) in [7, 11) is 0. The lowest BCUT2D eigenvalue weighted by molar-refractivity contribution is -0.127. The van der Waals surface area contributed by atoms with Crippen molar-refractivity contribution in [3.05, 3.63) is 39.9 Å². The molecule has 0 unspecified atom stereocenters. The van der Waals surface area contributed by atoms with E-state index >= 15 is 0 Å². The fourth-order valence-electron chi connectivity index (χ4n) is 4.96. The summed E-state index contributed by atoms with van der Waals surface area (Å²) in [5.41, 5.74) is 1.84. The molecule has 4 rings (SSSR count). The lowest BCUT2D eigenvalue weighted by Gasteiger charge is -2.32. The van der Waals surface area contributed by atoms with Gasteiger partial charge in [-0.1, -0.05) is 6.92 Å². The molecule has 162 valence electrons. The van der Waals surface area contributed by atoms with Gasteiger partial charge in [-0.3, -0.25) is 9.59 Å². The number of hydrogen-bond donors (Lipinski definition) is 1. The Hall–Kier alpha value is -2.44. The molecule has 2 aliphatic carbocycles. The molecule has 0 saturated heterocycles. The monoisotopic (exact) mass is 411 g/mol. The normalized spacial score (nSPS) is 27.0. The minimum Gasteiger partial charge on any atom is -0.353 e. The van der Waals surface area contributed by atoms with Crippen molar-refractivity contribution in [3.63, 3.8) is 0 Å². The Bertz CT molecular complexity index is 947. The maximum atomic E-state index is 12.6. The van der Waals surface area contributed by atoms with Gasteiger partial charge in [0.15, 0.2) is 5.82 Å². The van der Waals surface area contributed by atoms with Crippen LogP contribution in [-0.2, 0) is 4.79 Å². The number of carbonyl (C=O) groups excluding carboxylic acids is 1. The Kier molecular flexibility index (Phi) is 6.06. The smallest absolute Gasteiger partial charge is 0.267 e. The largest absolute Gasteiger partial charge is 0.353 e. The lowest BCUT2D eigenvalue weighted by Crippen LogP contribution is -2.42. The van der Waals surface area contributed by atoms with Crippen LogP contribution in [0.25, 0.3) is 5.82 Å². The molecule has 0 radical (unpaired) electrons. The van der Waals surface area contributed by atoms with Crippen molar-refractivity contribution in [2.45, 2.75) is 84.2 Å². The molecule has 7 nitrogen and oxygen atoms in total. The molecule has 2 saturated carbocycles. The first-order valence-electron chi connectivity index (χ1n) is 11.3. The van der Waals surface area contributed by atoms with Gasteiger partial charge in [-0.2, -0.15) is 5.10 Å². The number of nitrogens with one attached hydrogen (secondary N) is 1. The zero-order valence-corrected chi connectivity index (χ0v) is 18.3. The molecule has 7 heteroatoms. The molecule has 0 aromatic carbocycles. The quantitative estimate of drug-likeness (QED) is 0.835. The van der Waals surface area contributed by atoms with E-state index in [0.29, 0.717) is 5.82 Å². The first kappa shape index (κ1) is 20.8. The molecule has 1 amide bonds. The number of carbonyl (C=O) groups is 1. The van der Waals surface area contributed by atoms with Crippen molar-refractivity contribution < 1.29 is 4.79 Å². The minimum absolute atomic E-state index is 0.0677. The Balaban J connectivity index is 1.38. The third-order valence-corrected chi connectivity index (χ3v) is 6.81. The highest BCUT2D eigenvalue weighted by atomic mass is 16.2. The van der Waals surface area contributed by atoms with Crippen molar-refractivity contribution >= 4 is 5.91 Å². The minimum atomic E-state index is -0.0795. The van der Waals surface area contributed by atoms with E-state index in [1.807, 2.05) is 19.9 Å². The molecule has 2 heterocycles. The molecule has 2 aliphatic rings. The zero-order chi connectivity index (χ0) is 21.3. The SMILES string of the molecule is Cc1cc(C)n(-c2ccc(=O)n(C3CCC(NC(=O)C4CCC(C)CC4)CC3)n2)n1. The van der Waals surface area contributed by atoms with Crippen LogP contribution in [0.3, 0.4) is 0 Å². The first-order valence-corrected chi connectivity index (χ1v) is 11.3. The van der Waals surface area contributed by atoms with Gasteiger partial charge in [-0.25, -0.2) is 9.36 Å². The predicted octanol–water partition coefficient (Wildman–Crippen LogP) is 3.47. The summed E-state index contributed by atoms with van der Waals surface area (Å²) in [6.45, 7) is 6.20. The van der Waals surface area contributed by atoms with E-state index in [-0.39, 0.29) is 29.5 Å². The molecule has 2 fully saturated rings. The predicted molar refractivity (Wildman–Crippen MR) is 116 cm³/mol. The highest BCUT2D eigenvalue weighted by molar-refractivity contribution is 5.79. The van der Waals surface area contributed by atoms with Crippen LogP contribution in [-0.4, -0.2) is 31.5 Å². The van der Waals surface area contributed by atoms with Crippen LogP contribution in [0.15, 0.2) is 23.0 Å². The van der Waals surface area contributed by atoms with Crippen LogP contribution in [0.1, 0.15) is 75.7 Å². The van der Waals surface area contributed by atoms with Gasteiger partial charge in [0.1, 0.15) is 0 Å². The Labute approximate surface area is 177 Å². The second-order valence-corrected chi connectivity index (χ2v) is 9.28. The number of aryl methyl sites for hydroxylation is 2. The van der Waals surface area contributed by atoms with E-state index in [1.54, 1.807) is 21.5 Å². The van der Waals surface area contributed by atoms with Crippen molar-refractivity contribution in [2.75, 3.05) is 0 Å². The maximum Gasteiger partial charge on any atom is 0.267 e. The van der Waals surface area contributed by atoms with Crippen molar-refractivity contribution in [1.82, 2.24) is 24.9 Å². The Morgan fingerprint density at radius 2 is 1.70 bits per heavy atom. The fourth-order valence-corrected chi connectivity index (χ4v) is 4.96. The summed E-state index contributed by atoms with van der Waals surface area (Å²) in [5.74, 6) is 1.83. The van der Waals surface area contributed by atoms with E-state index in [9.17, 15) is 9.59 Å². The van der Waals surface area contributed by atoms with E-state index in [1.165, 1.54) is 0 Å². The summed E-state index contributed by atoms with van der Waals surface area (Å²) in [4.78, 5) is 25.1. The van der Waals surface area contributed by atoms with Gasteiger partial charge in [0.2, 0.25) is 5.91 Å². The van der Waals surface area contributed by atoms with Gasteiger partial charge in [-0.05, 0) is 83.3 Å². The molecule has 0 aliphatic heterocycles. The van der Waals surface area contributed by atoms with Crippen LogP contribution in [0.2, 0.25) is 0 Å². The summed E-state index contributed by atoms with van der Waals surface area (Å²) in [6, 6.07) is 5.59. The van der Waals surface area contributed by atoms with Gasteiger partial charge in [0, 0.05) is 23.7 Å². The lowest BCUT2D eigenvalue weighted by atomic mass is 9.82. The van der Waals surface area contributed by atoms with E-state index in [4.69, 9.17) is 0 Å². The summed E-state index contributed by atoms with van der Waals surface area (Å²) in [5, 5.41) is 12.4. The van der Waals surface area contributed by atoms with Crippen LogP contribution in [0, 0.1) is 25.7 Å². The van der Waals surface area contributed by atoms with E-state index < -0.39 is 0 Å². The van der Waals surface area contributed by atoms with Gasteiger partial charge in [-0.15, -0.1) is 5.10 Å². The average Bonchev–Trinajstić information content (AvgIpc) is 3.07. The van der Waals surface area contributed by atoms with Crippen LogP contribution in [0.4, 0.5) is 0 Å². The van der Waals surface area contributed by atoms with Crippen LogP contribution in [0.5, 0.6) is 0 Å². The standard InChI is InChI=1S/C23H33N5O2/c1-15-4-6-18(7-5-15)23(30)24-19-8-10-20(11-9-19)28-22(29)13-12-21(26-28)27-17(3)14-16(2)25-27/h12-15,18-20H,4-11H2,1-3H3,(H,24,30). The number of hydrogen-bond acceptors (Lipinski definition) is 4. The first-order chi connectivity index (χ1) is 14.4. The van der Waals surface area contributed by atoms with Gasteiger partial charge < -0.3 is 5.32 Å². The highest BCUT2D eigenvalue weighted by Crippen LogP contribution is 2.30. The second-order valence-electron chi connectivity index (χ2n) is 9.28. The highest BCUT2D eigenvalue weighted by Gasteiger charge is 2.29.